The molecule has 0 aromatic carbocycles. The van der Waals surface area contributed by atoms with E-state index >= 15 is 0 Å². The second-order valence-corrected chi connectivity index (χ2v) is 4.44. The molecule has 92 valence electrons. The highest BCUT2D eigenvalue weighted by Crippen LogP contribution is 2.15. The van der Waals surface area contributed by atoms with E-state index in [1.165, 1.54) is 0 Å². The second-order valence-electron chi connectivity index (χ2n) is 4.05. The fourth-order valence-electron chi connectivity index (χ4n) is 1.81. The van der Waals surface area contributed by atoms with E-state index in [4.69, 9.17) is 16.3 Å². The van der Waals surface area contributed by atoms with E-state index in [0.717, 1.165) is 19.4 Å². The molecule has 1 aliphatic rings. The minimum absolute atomic E-state index is 0.0255. The molecule has 0 saturated carbocycles. The first-order valence-electron chi connectivity index (χ1n) is 5.58. The lowest BCUT2D eigenvalue weighted by atomic mass is 10.1. The lowest BCUT2D eigenvalue weighted by Gasteiger charge is -2.19. The van der Waals surface area contributed by atoms with Gasteiger partial charge in [-0.3, -0.25) is 4.79 Å². The number of amides is 1. The van der Waals surface area contributed by atoms with Crippen LogP contribution in [0.5, 0.6) is 0 Å². The Morgan fingerprint density at radius 3 is 3.00 bits per heavy atom. The van der Waals surface area contributed by atoms with Crippen LogP contribution < -0.4 is 5.32 Å². The van der Waals surface area contributed by atoms with Crippen LogP contribution in [-0.2, 0) is 4.74 Å². The summed E-state index contributed by atoms with van der Waals surface area (Å²) >= 11 is 5.60. The van der Waals surface area contributed by atoms with E-state index < -0.39 is 0 Å². The number of aromatic nitrogens is 2. The Morgan fingerprint density at radius 1 is 1.59 bits per heavy atom. The SMILES string of the molecule is CC(NC(=O)c1ccc(Cl)nn1)C1CCCO1. The van der Waals surface area contributed by atoms with Gasteiger partial charge in [0, 0.05) is 6.61 Å². The third-order valence-corrected chi connectivity index (χ3v) is 2.95. The van der Waals surface area contributed by atoms with E-state index in [9.17, 15) is 4.79 Å². The first-order valence-corrected chi connectivity index (χ1v) is 5.96. The van der Waals surface area contributed by atoms with Crippen molar-refractivity contribution in [2.45, 2.75) is 31.9 Å². The minimum Gasteiger partial charge on any atom is -0.376 e. The average molecular weight is 256 g/mol. The molecule has 5 nitrogen and oxygen atoms in total. The summed E-state index contributed by atoms with van der Waals surface area (Å²) in [6.07, 6.45) is 2.12. The van der Waals surface area contributed by atoms with Gasteiger partial charge in [-0.25, -0.2) is 0 Å². The predicted octanol–water partition coefficient (Wildman–Crippen LogP) is 1.43. The molecule has 1 N–H and O–H groups in total. The first-order chi connectivity index (χ1) is 8.16. The van der Waals surface area contributed by atoms with Crippen molar-refractivity contribution in [2.75, 3.05) is 6.61 Å². The highest BCUT2D eigenvalue weighted by molar-refractivity contribution is 6.29. The van der Waals surface area contributed by atoms with Crippen molar-refractivity contribution in [3.05, 3.63) is 23.0 Å². The molecule has 1 fully saturated rings. The number of nitrogens with one attached hydrogen (secondary N) is 1. The molecule has 1 aromatic heterocycles. The normalized spacial score (nSPS) is 21.2. The van der Waals surface area contributed by atoms with Gasteiger partial charge in [-0.05, 0) is 31.9 Å². The summed E-state index contributed by atoms with van der Waals surface area (Å²) in [6, 6.07) is 3.06. The third kappa shape index (κ3) is 3.14. The van der Waals surface area contributed by atoms with Crippen LogP contribution in [0.2, 0.25) is 5.15 Å². The van der Waals surface area contributed by atoms with Crippen molar-refractivity contribution in [1.29, 1.82) is 0 Å². The number of halogens is 1. The van der Waals surface area contributed by atoms with Crippen LogP contribution in [0.3, 0.4) is 0 Å². The Bertz CT molecular complexity index is 390. The van der Waals surface area contributed by atoms with E-state index in [-0.39, 0.29) is 28.9 Å². The molecule has 2 heterocycles. The molecular formula is C11H14ClN3O2. The summed E-state index contributed by atoms with van der Waals surface area (Å²) in [5.74, 6) is -0.253. The molecule has 6 heteroatoms. The molecule has 2 unspecified atom stereocenters. The van der Waals surface area contributed by atoms with E-state index in [2.05, 4.69) is 15.5 Å². The number of hydrogen-bond donors (Lipinski definition) is 1. The molecule has 2 rings (SSSR count). The molecule has 1 amide bonds. The molecule has 0 spiro atoms. The first kappa shape index (κ1) is 12.3. The topological polar surface area (TPSA) is 64.1 Å². The Kier molecular flexibility index (Phi) is 3.91. The minimum atomic E-state index is -0.253. The number of nitrogens with zero attached hydrogens (tertiary/aromatic N) is 2. The maximum atomic E-state index is 11.8. The van der Waals surface area contributed by atoms with Crippen LogP contribution >= 0.6 is 11.6 Å². The number of carbonyl (C=O) groups excluding carboxylic acids is 1. The van der Waals surface area contributed by atoms with Crippen LogP contribution in [0, 0.1) is 0 Å². The van der Waals surface area contributed by atoms with Gasteiger partial charge >= 0.3 is 0 Å². The van der Waals surface area contributed by atoms with Gasteiger partial charge in [0.05, 0.1) is 12.1 Å². The largest absolute Gasteiger partial charge is 0.376 e. The molecule has 0 aliphatic carbocycles. The van der Waals surface area contributed by atoms with Crippen molar-refractivity contribution >= 4 is 17.5 Å². The predicted molar refractivity (Wildman–Crippen MR) is 62.9 cm³/mol. The highest BCUT2D eigenvalue weighted by Gasteiger charge is 2.24. The van der Waals surface area contributed by atoms with E-state index in [0.29, 0.717) is 0 Å². The molecule has 0 bridgehead atoms. The Labute approximate surface area is 105 Å². The highest BCUT2D eigenvalue weighted by atomic mass is 35.5. The maximum Gasteiger partial charge on any atom is 0.272 e. The van der Waals surface area contributed by atoms with Gasteiger partial charge in [0.1, 0.15) is 0 Å². The molecular weight excluding hydrogens is 242 g/mol. The number of carbonyl (C=O) groups is 1. The monoisotopic (exact) mass is 255 g/mol. The zero-order chi connectivity index (χ0) is 12.3. The van der Waals surface area contributed by atoms with Crippen LogP contribution in [-0.4, -0.2) is 34.9 Å². The lowest BCUT2D eigenvalue weighted by molar-refractivity contribution is 0.0709. The zero-order valence-electron chi connectivity index (χ0n) is 9.52. The van der Waals surface area contributed by atoms with Gasteiger partial charge in [-0.1, -0.05) is 11.6 Å². The molecule has 1 saturated heterocycles. The summed E-state index contributed by atoms with van der Waals surface area (Å²) in [7, 11) is 0. The molecule has 0 radical (unpaired) electrons. The van der Waals surface area contributed by atoms with Crippen molar-refractivity contribution in [1.82, 2.24) is 15.5 Å². The standard InChI is InChI=1S/C11H14ClN3O2/c1-7(9-3-2-6-17-9)13-11(16)8-4-5-10(12)15-14-8/h4-5,7,9H,2-3,6H2,1H3,(H,13,16). The van der Waals surface area contributed by atoms with Crippen LogP contribution in [0.1, 0.15) is 30.3 Å². The van der Waals surface area contributed by atoms with Crippen molar-refractivity contribution in [2.24, 2.45) is 0 Å². The van der Waals surface area contributed by atoms with Gasteiger partial charge in [0.25, 0.3) is 5.91 Å². The summed E-state index contributed by atoms with van der Waals surface area (Å²) in [5, 5.41) is 10.5. The van der Waals surface area contributed by atoms with Crippen LogP contribution in [0.25, 0.3) is 0 Å². The maximum absolute atomic E-state index is 11.8. The van der Waals surface area contributed by atoms with Gasteiger partial charge in [-0.15, -0.1) is 10.2 Å². The van der Waals surface area contributed by atoms with Crippen molar-refractivity contribution in [3.8, 4) is 0 Å². The quantitative estimate of drug-likeness (QED) is 0.887. The molecule has 17 heavy (non-hydrogen) atoms. The van der Waals surface area contributed by atoms with Crippen LogP contribution in [0.15, 0.2) is 12.1 Å². The molecule has 1 aliphatic heterocycles. The number of ether oxygens (including phenoxy) is 1. The Balaban J connectivity index is 1.94. The molecule has 2 atom stereocenters. The van der Waals surface area contributed by atoms with Gasteiger partial charge in [0.15, 0.2) is 10.8 Å². The average Bonchev–Trinajstić information content (AvgIpc) is 2.83. The van der Waals surface area contributed by atoms with Crippen molar-refractivity contribution in [3.63, 3.8) is 0 Å². The molecule has 1 aromatic rings. The summed E-state index contributed by atoms with van der Waals surface area (Å²) in [6.45, 7) is 2.70. The summed E-state index contributed by atoms with van der Waals surface area (Å²) < 4.78 is 5.50. The zero-order valence-corrected chi connectivity index (χ0v) is 10.3. The summed E-state index contributed by atoms with van der Waals surface area (Å²) in [5.41, 5.74) is 0.263. The third-order valence-electron chi connectivity index (χ3n) is 2.75. The Morgan fingerprint density at radius 2 is 2.41 bits per heavy atom. The number of rotatable bonds is 3. The van der Waals surface area contributed by atoms with Gasteiger partial charge in [-0.2, -0.15) is 0 Å². The lowest BCUT2D eigenvalue weighted by Crippen LogP contribution is -2.41. The fourth-order valence-corrected chi connectivity index (χ4v) is 1.91. The van der Waals surface area contributed by atoms with Crippen LogP contribution in [0.4, 0.5) is 0 Å². The van der Waals surface area contributed by atoms with Gasteiger partial charge < -0.3 is 10.1 Å². The number of hydrogen-bond acceptors (Lipinski definition) is 4. The smallest absolute Gasteiger partial charge is 0.272 e. The fraction of sp³-hybridized carbons (Fsp3) is 0.545. The van der Waals surface area contributed by atoms with E-state index in [1.54, 1.807) is 12.1 Å². The summed E-state index contributed by atoms with van der Waals surface area (Å²) in [4.78, 5) is 11.8. The van der Waals surface area contributed by atoms with Gasteiger partial charge in [0.2, 0.25) is 0 Å². The van der Waals surface area contributed by atoms with Crippen molar-refractivity contribution < 1.29 is 9.53 Å². The van der Waals surface area contributed by atoms with E-state index in [1.807, 2.05) is 6.92 Å². The second kappa shape index (κ2) is 5.42. The Hall–Kier alpha value is -1.20.